The third-order valence-corrected chi connectivity index (χ3v) is 3.82. The maximum absolute atomic E-state index is 13.7. The van der Waals surface area contributed by atoms with Crippen molar-refractivity contribution in [3.63, 3.8) is 0 Å². The number of aliphatic hydroxyl groups is 1. The molecule has 0 aliphatic rings. The summed E-state index contributed by atoms with van der Waals surface area (Å²) in [4.78, 5) is 4.40. The number of benzene rings is 2. The molecule has 6 heteroatoms. The number of hydrogen-bond acceptors (Lipinski definition) is 4. The first-order chi connectivity index (χ1) is 12.2. The van der Waals surface area contributed by atoms with E-state index in [0.717, 1.165) is 17.1 Å². The quantitative estimate of drug-likeness (QED) is 0.693. The van der Waals surface area contributed by atoms with Crippen LogP contribution in [0.25, 0.3) is 0 Å². The van der Waals surface area contributed by atoms with Crippen LogP contribution in [-0.2, 0) is 7.05 Å². The Morgan fingerprint density at radius 3 is 2.68 bits per heavy atom. The molecule has 1 atom stereocenters. The van der Waals surface area contributed by atoms with E-state index in [2.05, 4.69) is 10.3 Å². The number of nitrogens with zero attached hydrogens (tertiary/aromatic N) is 2. The van der Waals surface area contributed by atoms with Gasteiger partial charge in [0, 0.05) is 25.1 Å². The molecule has 0 saturated heterocycles. The van der Waals surface area contributed by atoms with E-state index in [1.807, 2.05) is 48.1 Å². The zero-order valence-corrected chi connectivity index (χ0v) is 13.9. The second-order valence-electron chi connectivity index (χ2n) is 5.63. The van der Waals surface area contributed by atoms with E-state index >= 15 is 0 Å². The van der Waals surface area contributed by atoms with Crippen LogP contribution < -0.4 is 10.1 Å². The summed E-state index contributed by atoms with van der Waals surface area (Å²) in [5.74, 6) is 1.18. The van der Waals surface area contributed by atoms with Crippen LogP contribution in [-0.4, -0.2) is 27.9 Å². The number of aromatic nitrogens is 2. The van der Waals surface area contributed by atoms with Crippen LogP contribution in [0.15, 0.2) is 60.9 Å². The van der Waals surface area contributed by atoms with Crippen molar-refractivity contribution in [3.8, 4) is 5.75 Å². The summed E-state index contributed by atoms with van der Waals surface area (Å²) in [6.45, 7) is 0.229. The van der Waals surface area contributed by atoms with Crippen molar-refractivity contribution in [1.82, 2.24) is 9.55 Å². The second kappa shape index (κ2) is 7.81. The highest BCUT2D eigenvalue weighted by molar-refractivity contribution is 5.50. The molecule has 0 amide bonds. The molecule has 1 heterocycles. The minimum absolute atomic E-state index is 0.0270. The molecule has 0 aliphatic carbocycles. The van der Waals surface area contributed by atoms with Crippen LogP contribution >= 0.6 is 0 Å². The first-order valence-corrected chi connectivity index (χ1v) is 8.00. The summed E-state index contributed by atoms with van der Waals surface area (Å²) in [5.41, 5.74) is 1.64. The molecule has 1 aromatic heterocycles. The predicted octanol–water partition coefficient (Wildman–Crippen LogP) is 3.13. The van der Waals surface area contributed by atoms with Crippen LogP contribution in [0, 0.1) is 5.82 Å². The predicted molar refractivity (Wildman–Crippen MR) is 94.1 cm³/mol. The van der Waals surface area contributed by atoms with E-state index in [1.54, 1.807) is 12.3 Å². The van der Waals surface area contributed by atoms with Gasteiger partial charge in [0.15, 0.2) is 0 Å². The summed E-state index contributed by atoms with van der Waals surface area (Å²) in [7, 11) is 1.90. The third-order valence-electron chi connectivity index (χ3n) is 3.82. The fraction of sp³-hybridized carbons (Fsp3) is 0.211. The van der Waals surface area contributed by atoms with E-state index < -0.39 is 0 Å². The largest absolute Gasteiger partial charge is 0.491 e. The number of imidazole rings is 1. The van der Waals surface area contributed by atoms with E-state index in [-0.39, 0.29) is 25.1 Å². The van der Waals surface area contributed by atoms with Gasteiger partial charge in [0.05, 0.1) is 6.61 Å². The molecule has 130 valence electrons. The highest BCUT2D eigenvalue weighted by atomic mass is 19.1. The second-order valence-corrected chi connectivity index (χ2v) is 5.63. The zero-order valence-electron chi connectivity index (χ0n) is 13.9. The highest BCUT2D eigenvalue weighted by Gasteiger charge is 2.18. The van der Waals surface area contributed by atoms with Gasteiger partial charge in [-0.15, -0.1) is 0 Å². The van der Waals surface area contributed by atoms with Gasteiger partial charge in [0.2, 0.25) is 0 Å². The highest BCUT2D eigenvalue weighted by Crippen LogP contribution is 2.27. The van der Waals surface area contributed by atoms with E-state index in [9.17, 15) is 4.39 Å². The van der Waals surface area contributed by atoms with Crippen molar-refractivity contribution in [1.29, 1.82) is 0 Å². The molecule has 5 nitrogen and oxygen atoms in total. The van der Waals surface area contributed by atoms with Crippen LogP contribution in [0.2, 0.25) is 0 Å². The average Bonchev–Trinajstić information content (AvgIpc) is 3.04. The lowest BCUT2D eigenvalue weighted by Crippen LogP contribution is -2.17. The van der Waals surface area contributed by atoms with Crippen molar-refractivity contribution in [3.05, 3.63) is 78.1 Å². The number of hydrogen-bond donors (Lipinski definition) is 2. The van der Waals surface area contributed by atoms with Gasteiger partial charge in [-0.25, -0.2) is 9.37 Å². The maximum atomic E-state index is 13.7. The standard InChI is InChI=1S/C19H20FN3O2/c1-23-10-9-21-19(23)18(14-3-2-4-15(20)13-14)22-16-5-7-17(8-6-16)25-12-11-24/h2-10,13,18,22,24H,11-12H2,1H3. The fourth-order valence-corrected chi connectivity index (χ4v) is 2.62. The molecule has 2 aromatic carbocycles. The number of nitrogens with one attached hydrogen (secondary N) is 1. The lowest BCUT2D eigenvalue weighted by molar-refractivity contribution is 0.201. The summed E-state index contributed by atoms with van der Waals surface area (Å²) in [6, 6.07) is 13.6. The normalized spacial score (nSPS) is 12.0. The Kier molecular flexibility index (Phi) is 5.30. The zero-order chi connectivity index (χ0) is 17.6. The molecule has 0 spiro atoms. The van der Waals surface area contributed by atoms with Crippen molar-refractivity contribution in [2.45, 2.75) is 6.04 Å². The van der Waals surface area contributed by atoms with Gasteiger partial charge in [-0.1, -0.05) is 12.1 Å². The van der Waals surface area contributed by atoms with Gasteiger partial charge in [0.1, 0.15) is 30.0 Å². The molecule has 1 unspecified atom stereocenters. The number of aliphatic hydroxyl groups excluding tert-OH is 1. The lowest BCUT2D eigenvalue weighted by Gasteiger charge is -2.20. The average molecular weight is 341 g/mol. The Morgan fingerprint density at radius 1 is 1.24 bits per heavy atom. The van der Waals surface area contributed by atoms with Crippen LogP contribution in [0.1, 0.15) is 17.4 Å². The number of ether oxygens (including phenoxy) is 1. The summed E-state index contributed by atoms with van der Waals surface area (Å²) in [6.07, 6.45) is 3.57. The molecule has 0 bridgehead atoms. The van der Waals surface area contributed by atoms with Crippen LogP contribution in [0.3, 0.4) is 0 Å². The number of halogens is 1. The van der Waals surface area contributed by atoms with Crippen molar-refractivity contribution >= 4 is 5.69 Å². The van der Waals surface area contributed by atoms with Crippen molar-refractivity contribution in [2.24, 2.45) is 7.05 Å². The molecule has 0 radical (unpaired) electrons. The molecule has 0 fully saturated rings. The Morgan fingerprint density at radius 2 is 2.04 bits per heavy atom. The molecule has 2 N–H and O–H groups in total. The molecule has 0 aliphatic heterocycles. The summed E-state index contributed by atoms with van der Waals surface area (Å²) in [5, 5.41) is 12.2. The molecular formula is C19H20FN3O2. The lowest BCUT2D eigenvalue weighted by atomic mass is 10.1. The van der Waals surface area contributed by atoms with Crippen molar-refractivity contribution in [2.75, 3.05) is 18.5 Å². The number of anilines is 1. The monoisotopic (exact) mass is 341 g/mol. The van der Waals surface area contributed by atoms with E-state index in [4.69, 9.17) is 9.84 Å². The van der Waals surface area contributed by atoms with Gasteiger partial charge in [-0.2, -0.15) is 0 Å². The Balaban J connectivity index is 1.87. The first kappa shape index (κ1) is 17.0. The van der Waals surface area contributed by atoms with Gasteiger partial charge >= 0.3 is 0 Å². The summed E-state index contributed by atoms with van der Waals surface area (Å²) >= 11 is 0. The fourth-order valence-electron chi connectivity index (χ4n) is 2.62. The molecule has 3 rings (SSSR count). The first-order valence-electron chi connectivity index (χ1n) is 8.00. The van der Waals surface area contributed by atoms with Gasteiger partial charge in [-0.05, 0) is 42.0 Å². The van der Waals surface area contributed by atoms with Gasteiger partial charge in [-0.3, -0.25) is 0 Å². The molecule has 3 aromatic rings. The molecule has 0 saturated carbocycles. The Bertz CT molecular complexity index is 818. The van der Waals surface area contributed by atoms with Gasteiger partial charge < -0.3 is 19.7 Å². The minimum Gasteiger partial charge on any atom is -0.491 e. The maximum Gasteiger partial charge on any atom is 0.135 e. The molecular weight excluding hydrogens is 321 g/mol. The van der Waals surface area contributed by atoms with Crippen LogP contribution in [0.4, 0.5) is 10.1 Å². The smallest absolute Gasteiger partial charge is 0.135 e. The number of rotatable bonds is 7. The summed E-state index contributed by atoms with van der Waals surface area (Å²) < 4.78 is 21.0. The van der Waals surface area contributed by atoms with E-state index in [1.165, 1.54) is 12.1 Å². The minimum atomic E-state index is -0.292. The molecule has 25 heavy (non-hydrogen) atoms. The number of aryl methyl sites for hydroxylation is 1. The Hall–Kier alpha value is -2.86. The Labute approximate surface area is 145 Å². The van der Waals surface area contributed by atoms with Crippen LogP contribution in [0.5, 0.6) is 5.75 Å². The van der Waals surface area contributed by atoms with E-state index in [0.29, 0.717) is 5.75 Å². The topological polar surface area (TPSA) is 59.3 Å². The van der Waals surface area contributed by atoms with Gasteiger partial charge in [0.25, 0.3) is 0 Å². The SMILES string of the molecule is Cn1ccnc1C(Nc1ccc(OCCO)cc1)c1cccc(F)c1. The third kappa shape index (κ3) is 4.16. The van der Waals surface area contributed by atoms with Crippen molar-refractivity contribution < 1.29 is 14.2 Å².